The number of amides is 1. The van der Waals surface area contributed by atoms with Crippen molar-refractivity contribution in [2.45, 2.75) is 12.5 Å². The van der Waals surface area contributed by atoms with E-state index in [1.807, 2.05) is 35.0 Å². The number of rotatable bonds is 4. The Morgan fingerprint density at radius 2 is 2.29 bits per heavy atom. The molecule has 1 aromatic carbocycles. The van der Waals surface area contributed by atoms with Crippen LogP contribution in [-0.2, 0) is 9.53 Å². The van der Waals surface area contributed by atoms with E-state index in [1.54, 1.807) is 12.5 Å². The van der Waals surface area contributed by atoms with Gasteiger partial charge >= 0.3 is 0 Å². The van der Waals surface area contributed by atoms with Crippen molar-refractivity contribution in [2.24, 2.45) is 0 Å². The molecule has 1 amide bonds. The van der Waals surface area contributed by atoms with Crippen molar-refractivity contribution < 1.29 is 9.53 Å². The first kappa shape index (κ1) is 13.8. The van der Waals surface area contributed by atoms with Gasteiger partial charge in [-0.05, 0) is 24.3 Å². The summed E-state index contributed by atoms with van der Waals surface area (Å²) in [7, 11) is 0. The molecule has 1 unspecified atom stereocenters. The lowest BCUT2D eigenvalue weighted by atomic mass is 10.2. The molecule has 3 rings (SSSR count). The van der Waals surface area contributed by atoms with Crippen LogP contribution in [0.4, 0.5) is 5.69 Å². The van der Waals surface area contributed by atoms with Crippen molar-refractivity contribution in [3.05, 3.63) is 43.0 Å². The van der Waals surface area contributed by atoms with Crippen LogP contribution < -0.4 is 10.6 Å². The maximum absolute atomic E-state index is 12.0. The Bertz CT molecular complexity index is 574. The molecule has 1 fully saturated rings. The van der Waals surface area contributed by atoms with Crippen LogP contribution in [0.25, 0.3) is 5.69 Å². The summed E-state index contributed by atoms with van der Waals surface area (Å²) >= 11 is 0. The molecule has 1 aliphatic heterocycles. The highest BCUT2D eigenvalue weighted by molar-refractivity contribution is 5.91. The van der Waals surface area contributed by atoms with Gasteiger partial charge in [-0.25, -0.2) is 4.98 Å². The van der Waals surface area contributed by atoms with Crippen LogP contribution in [0.2, 0.25) is 0 Å². The molecule has 0 aliphatic carbocycles. The number of carbonyl (C=O) groups is 1. The lowest BCUT2D eigenvalue weighted by Gasteiger charge is -2.23. The van der Waals surface area contributed by atoms with E-state index in [2.05, 4.69) is 15.6 Å². The zero-order valence-electron chi connectivity index (χ0n) is 11.7. The van der Waals surface area contributed by atoms with E-state index in [0.717, 1.165) is 17.9 Å². The topological polar surface area (TPSA) is 68.2 Å². The Kier molecular flexibility index (Phi) is 4.28. The molecule has 1 aromatic heterocycles. The highest BCUT2D eigenvalue weighted by atomic mass is 16.5. The van der Waals surface area contributed by atoms with E-state index < -0.39 is 0 Å². The Balaban J connectivity index is 1.56. The van der Waals surface area contributed by atoms with Gasteiger partial charge in [-0.2, -0.15) is 0 Å². The zero-order valence-corrected chi connectivity index (χ0v) is 11.7. The third kappa shape index (κ3) is 3.68. The third-order valence-corrected chi connectivity index (χ3v) is 3.38. The first-order valence-corrected chi connectivity index (χ1v) is 7.00. The number of carbonyl (C=O) groups excluding carboxylic acids is 1. The predicted molar refractivity (Wildman–Crippen MR) is 79.4 cm³/mol. The van der Waals surface area contributed by atoms with Crippen LogP contribution in [0.3, 0.4) is 0 Å². The average Bonchev–Trinajstić information content (AvgIpc) is 3.03. The van der Waals surface area contributed by atoms with Crippen LogP contribution in [-0.4, -0.2) is 41.3 Å². The molecule has 0 radical (unpaired) electrons. The van der Waals surface area contributed by atoms with Crippen molar-refractivity contribution in [2.75, 3.05) is 25.1 Å². The number of nitrogens with zero attached hydrogens (tertiary/aromatic N) is 2. The van der Waals surface area contributed by atoms with Crippen LogP contribution in [0, 0.1) is 0 Å². The van der Waals surface area contributed by atoms with Crippen LogP contribution in [0.1, 0.15) is 6.42 Å². The van der Waals surface area contributed by atoms with Crippen molar-refractivity contribution in [3.8, 4) is 5.69 Å². The van der Waals surface area contributed by atoms with E-state index in [-0.39, 0.29) is 11.9 Å². The van der Waals surface area contributed by atoms with Gasteiger partial charge in [0.1, 0.15) is 0 Å². The van der Waals surface area contributed by atoms with Gasteiger partial charge in [0.05, 0.1) is 19.5 Å². The minimum Gasteiger partial charge on any atom is -0.378 e. The summed E-state index contributed by atoms with van der Waals surface area (Å²) < 4.78 is 7.25. The van der Waals surface area contributed by atoms with Gasteiger partial charge in [-0.3, -0.25) is 4.79 Å². The highest BCUT2D eigenvalue weighted by Crippen LogP contribution is 2.13. The first-order chi connectivity index (χ1) is 10.3. The molecule has 2 aromatic rings. The van der Waals surface area contributed by atoms with E-state index in [1.165, 1.54) is 0 Å². The smallest absolute Gasteiger partial charge is 0.226 e. The number of hydrogen-bond donors (Lipinski definition) is 2. The summed E-state index contributed by atoms with van der Waals surface area (Å²) in [5.41, 5.74) is 1.80. The Labute approximate surface area is 123 Å². The monoisotopic (exact) mass is 286 g/mol. The van der Waals surface area contributed by atoms with Crippen molar-refractivity contribution in [1.29, 1.82) is 0 Å². The number of hydrogen-bond acceptors (Lipinski definition) is 4. The van der Waals surface area contributed by atoms with Crippen molar-refractivity contribution in [1.82, 2.24) is 14.9 Å². The van der Waals surface area contributed by atoms with E-state index in [9.17, 15) is 4.79 Å². The van der Waals surface area contributed by atoms with E-state index >= 15 is 0 Å². The number of anilines is 1. The SMILES string of the molecule is O=C(CC1COCCN1)Nc1ccc(-n2ccnc2)cc1. The number of benzene rings is 1. The molecule has 1 aliphatic rings. The third-order valence-electron chi connectivity index (χ3n) is 3.38. The molecule has 110 valence electrons. The molecule has 0 spiro atoms. The summed E-state index contributed by atoms with van der Waals surface area (Å²) in [6.07, 6.45) is 5.77. The zero-order chi connectivity index (χ0) is 14.5. The maximum Gasteiger partial charge on any atom is 0.226 e. The number of aromatic nitrogens is 2. The van der Waals surface area contributed by atoms with Gasteiger partial charge < -0.3 is 19.9 Å². The first-order valence-electron chi connectivity index (χ1n) is 7.00. The standard InChI is InChI=1S/C15H18N4O2/c20-15(9-13-10-21-8-6-17-13)18-12-1-3-14(4-2-12)19-7-5-16-11-19/h1-5,7,11,13,17H,6,8-10H2,(H,18,20). The summed E-state index contributed by atoms with van der Waals surface area (Å²) in [6, 6.07) is 7.76. The molecule has 1 saturated heterocycles. The molecule has 6 nitrogen and oxygen atoms in total. The second kappa shape index (κ2) is 6.51. The summed E-state index contributed by atoms with van der Waals surface area (Å²) in [5.74, 6) is -0.00613. The quantitative estimate of drug-likeness (QED) is 0.886. The highest BCUT2D eigenvalue weighted by Gasteiger charge is 2.16. The normalized spacial score (nSPS) is 18.4. The summed E-state index contributed by atoms with van der Waals surface area (Å²) in [4.78, 5) is 16.0. The second-order valence-corrected chi connectivity index (χ2v) is 5.00. The fraction of sp³-hybridized carbons (Fsp3) is 0.333. The van der Waals surface area contributed by atoms with Gasteiger partial charge in [0.25, 0.3) is 0 Å². The van der Waals surface area contributed by atoms with Crippen molar-refractivity contribution in [3.63, 3.8) is 0 Å². The predicted octanol–water partition coefficient (Wildman–Crippen LogP) is 1.19. The summed E-state index contributed by atoms with van der Waals surface area (Å²) in [5, 5.41) is 6.17. The average molecular weight is 286 g/mol. The number of nitrogens with one attached hydrogen (secondary N) is 2. The molecule has 21 heavy (non-hydrogen) atoms. The van der Waals surface area contributed by atoms with Gasteiger partial charge in [-0.15, -0.1) is 0 Å². The molecule has 6 heteroatoms. The minimum absolute atomic E-state index is 0.00613. The Hall–Kier alpha value is -2.18. The van der Waals surface area contributed by atoms with Gasteiger partial charge in [0.15, 0.2) is 0 Å². The molecular weight excluding hydrogens is 268 g/mol. The maximum atomic E-state index is 12.0. The molecule has 2 heterocycles. The largest absolute Gasteiger partial charge is 0.378 e. The summed E-state index contributed by atoms with van der Waals surface area (Å²) in [6.45, 7) is 2.11. The minimum atomic E-state index is -0.00613. The Morgan fingerprint density at radius 1 is 1.43 bits per heavy atom. The number of ether oxygens (including phenoxy) is 1. The lowest BCUT2D eigenvalue weighted by Crippen LogP contribution is -2.43. The number of imidazole rings is 1. The van der Waals surface area contributed by atoms with Crippen molar-refractivity contribution >= 4 is 11.6 Å². The van der Waals surface area contributed by atoms with Gasteiger partial charge in [-0.1, -0.05) is 0 Å². The Morgan fingerprint density at radius 3 is 2.95 bits per heavy atom. The van der Waals surface area contributed by atoms with E-state index in [4.69, 9.17) is 4.74 Å². The van der Waals surface area contributed by atoms with Crippen LogP contribution >= 0.6 is 0 Å². The fourth-order valence-electron chi connectivity index (χ4n) is 2.32. The van der Waals surface area contributed by atoms with Crippen LogP contribution in [0.15, 0.2) is 43.0 Å². The van der Waals surface area contributed by atoms with Gasteiger partial charge in [0.2, 0.25) is 5.91 Å². The van der Waals surface area contributed by atoms with E-state index in [0.29, 0.717) is 19.6 Å². The fourth-order valence-corrected chi connectivity index (χ4v) is 2.32. The number of morpholine rings is 1. The molecule has 1 atom stereocenters. The molecule has 0 saturated carbocycles. The van der Waals surface area contributed by atoms with Gasteiger partial charge in [0, 0.05) is 42.8 Å². The molecular formula is C15H18N4O2. The molecule has 2 N–H and O–H groups in total. The van der Waals surface area contributed by atoms with Crippen LogP contribution in [0.5, 0.6) is 0 Å². The second-order valence-electron chi connectivity index (χ2n) is 5.00. The molecule has 0 bridgehead atoms. The lowest BCUT2D eigenvalue weighted by molar-refractivity contribution is -0.117.